The average Bonchev–Trinajstić information content (AvgIpc) is 2.61. The minimum Gasteiger partial charge on any atom is -0.399 e. The van der Waals surface area contributed by atoms with Crippen molar-refractivity contribution in [3.05, 3.63) is 29.8 Å². The molecule has 3 aliphatic carbocycles. The van der Waals surface area contributed by atoms with Gasteiger partial charge in [0.1, 0.15) is 0 Å². The number of carbonyl (C=O) groups is 1. The number of carbonyl (C=O) groups excluding carboxylic acids is 1. The van der Waals surface area contributed by atoms with Gasteiger partial charge in [0.05, 0.1) is 11.2 Å². The second-order valence-corrected chi connectivity index (χ2v) is 8.43. The first-order chi connectivity index (χ1) is 10.7. The van der Waals surface area contributed by atoms with Crippen LogP contribution in [0.5, 0.6) is 0 Å². The van der Waals surface area contributed by atoms with Crippen molar-refractivity contribution >= 4 is 18.5 Å². The molecule has 1 aliphatic heterocycles. The lowest BCUT2D eigenvalue weighted by atomic mass is 9.50. The highest BCUT2D eigenvalue weighted by molar-refractivity contribution is 6.62. The summed E-state index contributed by atoms with van der Waals surface area (Å²) >= 11 is 0. The van der Waals surface area contributed by atoms with Gasteiger partial charge in [0.15, 0.2) is 0 Å². The van der Waals surface area contributed by atoms with E-state index >= 15 is 0 Å². The monoisotopic (exact) mass is 313 g/mol. The second kappa shape index (κ2) is 4.61. The molecule has 1 saturated heterocycles. The second-order valence-electron chi connectivity index (χ2n) is 8.43. The molecular formula is C18H24BNO3. The van der Waals surface area contributed by atoms with Crippen LogP contribution >= 0.6 is 0 Å². The summed E-state index contributed by atoms with van der Waals surface area (Å²) in [5.74, 6) is 0.868. The molecule has 122 valence electrons. The van der Waals surface area contributed by atoms with Gasteiger partial charge in [-0.1, -0.05) is 12.1 Å². The molecular weight excluding hydrogens is 289 g/mol. The summed E-state index contributed by atoms with van der Waals surface area (Å²) in [6.45, 7) is 8.14. The summed E-state index contributed by atoms with van der Waals surface area (Å²) in [5.41, 5.74) is 0.932. The summed E-state index contributed by atoms with van der Waals surface area (Å²) in [5, 5.41) is 3.20. The Morgan fingerprint density at radius 3 is 2.26 bits per heavy atom. The van der Waals surface area contributed by atoms with E-state index in [4.69, 9.17) is 9.31 Å². The molecule has 4 fully saturated rings. The first kappa shape index (κ1) is 15.2. The summed E-state index contributed by atoms with van der Waals surface area (Å²) in [6, 6.07) is 7.61. The minimum atomic E-state index is -0.428. The number of nitrogens with one attached hydrogen (secondary N) is 1. The zero-order chi connectivity index (χ0) is 16.5. The molecule has 0 radical (unpaired) electrons. The number of rotatable bonds is 3. The molecule has 1 aromatic carbocycles. The number of hydrogen-bond acceptors (Lipinski definition) is 3. The van der Waals surface area contributed by atoms with Crippen molar-refractivity contribution in [1.82, 2.24) is 5.32 Å². The molecule has 0 spiro atoms. The quantitative estimate of drug-likeness (QED) is 0.871. The molecule has 5 heteroatoms. The fourth-order valence-corrected chi connectivity index (χ4v) is 3.75. The van der Waals surface area contributed by atoms with Gasteiger partial charge < -0.3 is 14.6 Å². The van der Waals surface area contributed by atoms with Crippen molar-refractivity contribution in [1.29, 1.82) is 0 Å². The van der Waals surface area contributed by atoms with Crippen molar-refractivity contribution < 1.29 is 14.1 Å². The summed E-state index contributed by atoms with van der Waals surface area (Å²) in [7, 11) is -0.428. The molecule has 0 atom stereocenters. The van der Waals surface area contributed by atoms with E-state index in [1.807, 2.05) is 52.0 Å². The fourth-order valence-electron chi connectivity index (χ4n) is 3.75. The lowest BCUT2D eigenvalue weighted by Crippen LogP contribution is -2.68. The third-order valence-corrected chi connectivity index (χ3v) is 6.09. The van der Waals surface area contributed by atoms with E-state index in [9.17, 15) is 4.79 Å². The maximum atomic E-state index is 12.5. The Balaban J connectivity index is 1.51. The van der Waals surface area contributed by atoms with Gasteiger partial charge in [-0.3, -0.25) is 4.79 Å². The fraction of sp³-hybridized carbons (Fsp3) is 0.611. The van der Waals surface area contributed by atoms with Gasteiger partial charge in [-0.15, -0.1) is 0 Å². The maximum absolute atomic E-state index is 12.5. The third kappa shape index (κ3) is 2.33. The van der Waals surface area contributed by atoms with Gasteiger partial charge in [-0.05, 0) is 70.5 Å². The van der Waals surface area contributed by atoms with E-state index in [2.05, 4.69) is 5.32 Å². The summed E-state index contributed by atoms with van der Waals surface area (Å²) in [6.07, 6.45) is 3.45. The smallest absolute Gasteiger partial charge is 0.399 e. The zero-order valence-electron chi connectivity index (χ0n) is 14.3. The van der Waals surface area contributed by atoms with Crippen LogP contribution in [0.15, 0.2) is 24.3 Å². The molecule has 1 aromatic rings. The Kier molecular flexibility index (Phi) is 3.05. The normalized spacial score (nSPS) is 32.9. The molecule has 0 unspecified atom stereocenters. The summed E-state index contributed by atoms with van der Waals surface area (Å²) < 4.78 is 12.1. The van der Waals surface area contributed by atoms with Crippen LogP contribution in [0, 0.1) is 5.92 Å². The van der Waals surface area contributed by atoms with Crippen molar-refractivity contribution in [2.75, 3.05) is 0 Å². The third-order valence-electron chi connectivity index (χ3n) is 6.09. The van der Waals surface area contributed by atoms with E-state index in [-0.39, 0.29) is 22.6 Å². The molecule has 1 heterocycles. The van der Waals surface area contributed by atoms with Crippen LogP contribution in [0.1, 0.15) is 57.3 Å². The van der Waals surface area contributed by atoms with Crippen molar-refractivity contribution in [3.8, 4) is 0 Å². The van der Waals surface area contributed by atoms with Crippen LogP contribution in [0.4, 0.5) is 0 Å². The van der Waals surface area contributed by atoms with Crippen LogP contribution in [-0.2, 0) is 9.31 Å². The number of benzene rings is 1. The summed E-state index contributed by atoms with van der Waals surface area (Å²) in [4.78, 5) is 12.5. The van der Waals surface area contributed by atoms with Gasteiger partial charge in [0, 0.05) is 11.1 Å². The molecule has 1 amide bonds. The average molecular weight is 313 g/mol. The molecule has 3 saturated carbocycles. The Hall–Kier alpha value is -1.33. The Labute approximate surface area is 138 Å². The Morgan fingerprint density at radius 2 is 1.74 bits per heavy atom. The SMILES string of the molecule is CC1(C)OB(c2cccc(C(=O)NC34CC(C3)C4)c2)OC1(C)C. The molecule has 1 N–H and O–H groups in total. The van der Waals surface area contributed by atoms with Gasteiger partial charge in [0.25, 0.3) is 5.91 Å². The highest BCUT2D eigenvalue weighted by Crippen LogP contribution is 2.56. The molecule has 4 nitrogen and oxygen atoms in total. The predicted octanol–water partition coefficient (Wildman–Crippen LogP) is 2.27. The highest BCUT2D eigenvalue weighted by atomic mass is 16.7. The van der Waals surface area contributed by atoms with Crippen LogP contribution in [0.25, 0.3) is 0 Å². The largest absolute Gasteiger partial charge is 0.494 e. The zero-order valence-corrected chi connectivity index (χ0v) is 14.3. The standard InChI is InChI=1S/C18H24BNO3/c1-16(2)17(3,4)23-19(22-16)14-7-5-6-13(8-14)15(21)20-18-9-12(10-18)11-18/h5-8,12H,9-11H2,1-4H3,(H,20,21). The van der Waals surface area contributed by atoms with Crippen molar-refractivity contribution in [2.24, 2.45) is 5.92 Å². The predicted molar refractivity (Wildman–Crippen MR) is 89.7 cm³/mol. The van der Waals surface area contributed by atoms with Gasteiger partial charge >= 0.3 is 7.12 Å². The minimum absolute atomic E-state index is 0.0153. The molecule has 23 heavy (non-hydrogen) atoms. The number of amides is 1. The molecule has 5 rings (SSSR count). The first-order valence-electron chi connectivity index (χ1n) is 8.48. The van der Waals surface area contributed by atoms with E-state index in [0.717, 1.165) is 30.6 Å². The van der Waals surface area contributed by atoms with Gasteiger partial charge in [-0.2, -0.15) is 0 Å². The van der Waals surface area contributed by atoms with Crippen LogP contribution in [0.3, 0.4) is 0 Å². The van der Waals surface area contributed by atoms with Crippen molar-refractivity contribution in [3.63, 3.8) is 0 Å². The van der Waals surface area contributed by atoms with Crippen molar-refractivity contribution in [2.45, 2.75) is 63.7 Å². The van der Waals surface area contributed by atoms with E-state index < -0.39 is 7.12 Å². The van der Waals surface area contributed by atoms with E-state index in [0.29, 0.717) is 5.56 Å². The molecule has 2 bridgehead atoms. The van der Waals surface area contributed by atoms with E-state index in [1.54, 1.807) is 0 Å². The lowest BCUT2D eigenvalue weighted by molar-refractivity contribution is -0.0438. The highest BCUT2D eigenvalue weighted by Gasteiger charge is 2.57. The van der Waals surface area contributed by atoms with Gasteiger partial charge in [-0.25, -0.2) is 0 Å². The molecule has 4 aliphatic rings. The van der Waals surface area contributed by atoms with Crippen LogP contribution < -0.4 is 10.8 Å². The Morgan fingerprint density at radius 1 is 1.13 bits per heavy atom. The molecule has 0 aromatic heterocycles. The number of hydrogen-bond donors (Lipinski definition) is 1. The lowest BCUT2D eigenvalue weighted by Gasteiger charge is -2.61. The van der Waals surface area contributed by atoms with Crippen LogP contribution in [-0.4, -0.2) is 29.8 Å². The Bertz CT molecular complexity index is 637. The topological polar surface area (TPSA) is 47.6 Å². The van der Waals surface area contributed by atoms with Crippen LogP contribution in [0.2, 0.25) is 0 Å². The van der Waals surface area contributed by atoms with E-state index in [1.165, 1.54) is 0 Å². The maximum Gasteiger partial charge on any atom is 0.494 e. The van der Waals surface area contributed by atoms with Gasteiger partial charge in [0.2, 0.25) is 0 Å². The first-order valence-corrected chi connectivity index (χ1v) is 8.48.